The van der Waals surface area contributed by atoms with Gasteiger partial charge in [0.2, 0.25) is 0 Å². The molecule has 0 aromatic heterocycles. The summed E-state index contributed by atoms with van der Waals surface area (Å²) in [6.07, 6.45) is 1.17. The molecule has 1 rings (SSSR count). The van der Waals surface area contributed by atoms with Crippen molar-refractivity contribution >= 4 is 9.73 Å². The number of aliphatic hydroxyl groups is 1. The van der Waals surface area contributed by atoms with Crippen LogP contribution in [-0.2, 0) is 9.73 Å². The molecule has 96 valence electrons. The molecule has 0 saturated heterocycles. The summed E-state index contributed by atoms with van der Waals surface area (Å²) in [4.78, 5) is 0.697. The zero-order chi connectivity index (χ0) is 12.9. The number of nitrogens with zero attached hydrogens (tertiary/aromatic N) is 1. The summed E-state index contributed by atoms with van der Waals surface area (Å²) in [6, 6.07) is 9.18. The third-order valence-corrected chi connectivity index (χ3v) is 5.71. The molecule has 0 aliphatic rings. The fourth-order valence-electron chi connectivity index (χ4n) is 1.70. The molecule has 0 bridgehead atoms. The van der Waals surface area contributed by atoms with Crippen molar-refractivity contribution in [1.82, 2.24) is 0 Å². The summed E-state index contributed by atoms with van der Waals surface area (Å²) in [6.45, 7) is 3.81. The highest BCUT2D eigenvalue weighted by atomic mass is 32.2. The molecule has 0 fully saturated rings. The third-order valence-electron chi connectivity index (χ3n) is 3.19. The van der Waals surface area contributed by atoms with Crippen molar-refractivity contribution in [3.63, 3.8) is 0 Å². The van der Waals surface area contributed by atoms with Gasteiger partial charge < -0.3 is 5.11 Å². The van der Waals surface area contributed by atoms with Crippen LogP contribution in [0.4, 0.5) is 0 Å². The van der Waals surface area contributed by atoms with Crippen LogP contribution in [0.3, 0.4) is 0 Å². The number of rotatable bonds is 5. The highest BCUT2D eigenvalue weighted by Gasteiger charge is 2.29. The largest absolute Gasteiger partial charge is 0.389 e. The van der Waals surface area contributed by atoms with E-state index in [2.05, 4.69) is 4.36 Å². The van der Waals surface area contributed by atoms with Crippen molar-refractivity contribution < 1.29 is 9.32 Å². The van der Waals surface area contributed by atoms with E-state index in [1.807, 2.05) is 32.0 Å². The second kappa shape index (κ2) is 5.65. The Labute approximate surface area is 104 Å². The van der Waals surface area contributed by atoms with Crippen molar-refractivity contribution in [1.29, 1.82) is 0 Å². The quantitative estimate of drug-likeness (QED) is 0.879. The summed E-state index contributed by atoms with van der Waals surface area (Å²) in [5, 5.41) is 10.3. The third kappa shape index (κ3) is 3.30. The fourth-order valence-corrected chi connectivity index (χ4v) is 3.93. The lowest BCUT2D eigenvalue weighted by atomic mass is 10.0. The molecule has 1 aromatic rings. The molecular formula is C13H21NO2S. The smallest absolute Gasteiger partial charge is 0.0777 e. The molecular weight excluding hydrogens is 234 g/mol. The van der Waals surface area contributed by atoms with Crippen molar-refractivity contribution in [2.24, 2.45) is 4.36 Å². The second-order valence-corrected chi connectivity index (χ2v) is 6.62. The normalized spacial score (nSPS) is 15.3. The minimum atomic E-state index is -2.51. The standard InChI is InChI=1S/C13H21NO2S/c1-4-13(15,5-2)11-17(16,14-3)12-9-7-6-8-10-12/h6-10,15H,4-5,11H2,1-3H3. The number of benzene rings is 1. The van der Waals surface area contributed by atoms with Gasteiger partial charge >= 0.3 is 0 Å². The van der Waals surface area contributed by atoms with Gasteiger partial charge in [0.15, 0.2) is 0 Å². The lowest BCUT2D eigenvalue weighted by Crippen LogP contribution is -2.35. The van der Waals surface area contributed by atoms with Crippen LogP contribution in [0.5, 0.6) is 0 Å². The number of hydrogen-bond donors (Lipinski definition) is 1. The van der Waals surface area contributed by atoms with Crippen molar-refractivity contribution in [3.05, 3.63) is 30.3 Å². The van der Waals surface area contributed by atoms with Crippen LogP contribution in [0.2, 0.25) is 0 Å². The molecule has 1 unspecified atom stereocenters. The molecule has 1 N–H and O–H groups in total. The van der Waals surface area contributed by atoms with Crippen LogP contribution in [0.25, 0.3) is 0 Å². The average molecular weight is 255 g/mol. The minimum absolute atomic E-state index is 0.202. The lowest BCUT2D eigenvalue weighted by Gasteiger charge is -2.26. The molecule has 0 aliphatic carbocycles. The van der Waals surface area contributed by atoms with Gasteiger partial charge in [0.05, 0.1) is 21.1 Å². The Hall–Kier alpha value is -0.870. The first-order chi connectivity index (χ1) is 7.99. The summed E-state index contributed by atoms with van der Waals surface area (Å²) in [5.74, 6) is 0.202. The van der Waals surface area contributed by atoms with Gasteiger partial charge in [-0.2, -0.15) is 0 Å². The predicted octanol–water partition coefficient (Wildman–Crippen LogP) is 2.69. The van der Waals surface area contributed by atoms with Gasteiger partial charge in [-0.1, -0.05) is 32.0 Å². The minimum Gasteiger partial charge on any atom is -0.389 e. The van der Waals surface area contributed by atoms with Crippen molar-refractivity contribution in [3.8, 4) is 0 Å². The zero-order valence-corrected chi connectivity index (χ0v) is 11.5. The van der Waals surface area contributed by atoms with Crippen LogP contribution >= 0.6 is 0 Å². The van der Waals surface area contributed by atoms with E-state index in [4.69, 9.17) is 0 Å². The Bertz CT molecular complexity index is 458. The highest BCUT2D eigenvalue weighted by molar-refractivity contribution is 7.93. The van der Waals surface area contributed by atoms with Crippen LogP contribution < -0.4 is 0 Å². The maximum absolute atomic E-state index is 12.8. The maximum atomic E-state index is 12.8. The molecule has 0 radical (unpaired) electrons. The summed E-state index contributed by atoms with van der Waals surface area (Å²) < 4.78 is 16.8. The Kier molecular flexibility index (Phi) is 4.71. The van der Waals surface area contributed by atoms with E-state index in [1.165, 1.54) is 0 Å². The first-order valence-corrected chi connectivity index (χ1v) is 7.58. The van der Waals surface area contributed by atoms with E-state index in [0.717, 1.165) is 0 Å². The Morgan fingerprint density at radius 1 is 1.24 bits per heavy atom. The number of hydrogen-bond acceptors (Lipinski definition) is 3. The maximum Gasteiger partial charge on any atom is 0.0777 e. The van der Waals surface area contributed by atoms with E-state index in [-0.39, 0.29) is 5.75 Å². The Morgan fingerprint density at radius 3 is 2.18 bits per heavy atom. The molecule has 0 heterocycles. The molecule has 3 nitrogen and oxygen atoms in total. The summed E-state index contributed by atoms with van der Waals surface area (Å²) in [5.41, 5.74) is -0.896. The molecule has 0 saturated carbocycles. The van der Waals surface area contributed by atoms with Gasteiger partial charge in [-0.25, -0.2) is 8.57 Å². The molecule has 0 aliphatic heterocycles. The molecule has 17 heavy (non-hydrogen) atoms. The van der Waals surface area contributed by atoms with E-state index in [9.17, 15) is 9.32 Å². The Balaban J connectivity index is 3.13. The lowest BCUT2D eigenvalue weighted by molar-refractivity contribution is 0.0560. The second-order valence-electron chi connectivity index (χ2n) is 4.21. The zero-order valence-electron chi connectivity index (χ0n) is 10.7. The molecule has 1 aromatic carbocycles. The summed E-state index contributed by atoms with van der Waals surface area (Å²) in [7, 11) is -0.956. The van der Waals surface area contributed by atoms with Gasteiger partial charge in [0, 0.05) is 11.9 Å². The summed E-state index contributed by atoms with van der Waals surface area (Å²) >= 11 is 0. The first-order valence-electron chi connectivity index (χ1n) is 5.90. The van der Waals surface area contributed by atoms with Crippen LogP contribution in [-0.4, -0.2) is 27.7 Å². The van der Waals surface area contributed by atoms with Crippen LogP contribution in [0.15, 0.2) is 39.6 Å². The van der Waals surface area contributed by atoms with Gasteiger partial charge in [-0.3, -0.25) is 0 Å². The van der Waals surface area contributed by atoms with E-state index < -0.39 is 15.3 Å². The fraction of sp³-hybridized carbons (Fsp3) is 0.538. The molecule has 1 atom stereocenters. The monoisotopic (exact) mass is 255 g/mol. The predicted molar refractivity (Wildman–Crippen MR) is 71.6 cm³/mol. The average Bonchev–Trinajstić information content (AvgIpc) is 2.39. The molecule has 0 spiro atoms. The van der Waals surface area contributed by atoms with Gasteiger partial charge in [0.25, 0.3) is 0 Å². The Morgan fingerprint density at radius 2 is 1.76 bits per heavy atom. The van der Waals surface area contributed by atoms with Crippen molar-refractivity contribution in [2.75, 3.05) is 12.8 Å². The van der Waals surface area contributed by atoms with Gasteiger partial charge in [0.1, 0.15) is 0 Å². The SMILES string of the molecule is CCC(O)(CC)CS(=O)(=NC)c1ccccc1. The van der Waals surface area contributed by atoms with Crippen LogP contribution in [0.1, 0.15) is 26.7 Å². The first kappa shape index (κ1) is 14.2. The van der Waals surface area contributed by atoms with E-state index in [1.54, 1.807) is 19.2 Å². The van der Waals surface area contributed by atoms with E-state index >= 15 is 0 Å². The topological polar surface area (TPSA) is 49.7 Å². The molecule has 4 heteroatoms. The van der Waals surface area contributed by atoms with Gasteiger partial charge in [-0.15, -0.1) is 0 Å². The highest BCUT2D eigenvalue weighted by Crippen LogP contribution is 2.23. The van der Waals surface area contributed by atoms with Crippen molar-refractivity contribution in [2.45, 2.75) is 37.2 Å². The van der Waals surface area contributed by atoms with E-state index in [0.29, 0.717) is 17.7 Å². The van der Waals surface area contributed by atoms with Gasteiger partial charge in [-0.05, 0) is 25.0 Å². The van der Waals surface area contributed by atoms with Crippen LogP contribution in [0, 0.1) is 0 Å². The molecule has 0 amide bonds.